The third-order valence-corrected chi connectivity index (χ3v) is 4.89. The Bertz CT molecular complexity index is 869. The number of carbonyl (C=O) groups excluding carboxylic acids is 2. The van der Waals surface area contributed by atoms with E-state index in [1.54, 1.807) is 19.1 Å². The zero-order valence-corrected chi connectivity index (χ0v) is 13.7. The van der Waals surface area contributed by atoms with Gasteiger partial charge < -0.3 is 10.3 Å². The lowest BCUT2D eigenvalue weighted by Crippen LogP contribution is -2.20. The quantitative estimate of drug-likeness (QED) is 0.722. The standard InChI is InChI=1S/C15H17N3O4S/c1-9-4-5-12(7-14(9)23(21,22)16-3)18-15(20)13-6-11(8-17-13)10(2)19/h4-8,16-17H,1-3H3,(H,18,20). The van der Waals surface area contributed by atoms with Crippen LogP contribution < -0.4 is 10.0 Å². The Kier molecular flexibility index (Phi) is 4.67. The summed E-state index contributed by atoms with van der Waals surface area (Å²) < 4.78 is 26.1. The summed E-state index contributed by atoms with van der Waals surface area (Å²) in [6.45, 7) is 3.07. The molecule has 0 aliphatic heterocycles. The zero-order valence-electron chi connectivity index (χ0n) is 12.9. The van der Waals surface area contributed by atoms with E-state index in [1.165, 1.54) is 32.3 Å². The molecule has 0 saturated heterocycles. The van der Waals surface area contributed by atoms with Gasteiger partial charge >= 0.3 is 0 Å². The first-order chi connectivity index (χ1) is 10.7. The molecule has 0 saturated carbocycles. The third-order valence-electron chi connectivity index (χ3n) is 3.34. The highest BCUT2D eigenvalue weighted by molar-refractivity contribution is 7.89. The van der Waals surface area contributed by atoms with Gasteiger partial charge in [0.2, 0.25) is 10.0 Å². The minimum atomic E-state index is -3.61. The van der Waals surface area contributed by atoms with E-state index >= 15 is 0 Å². The smallest absolute Gasteiger partial charge is 0.272 e. The van der Waals surface area contributed by atoms with E-state index in [0.717, 1.165) is 0 Å². The van der Waals surface area contributed by atoms with Crippen LogP contribution in [-0.4, -0.2) is 32.1 Å². The van der Waals surface area contributed by atoms with Crippen LogP contribution in [0.2, 0.25) is 0 Å². The molecule has 0 bridgehead atoms. The molecule has 0 fully saturated rings. The Hall–Kier alpha value is -2.45. The average molecular weight is 335 g/mol. The molecular weight excluding hydrogens is 318 g/mol. The van der Waals surface area contributed by atoms with Crippen LogP contribution in [0.5, 0.6) is 0 Å². The van der Waals surface area contributed by atoms with E-state index < -0.39 is 15.9 Å². The van der Waals surface area contributed by atoms with Crippen molar-refractivity contribution in [3.05, 3.63) is 47.3 Å². The van der Waals surface area contributed by atoms with Gasteiger partial charge in [0.1, 0.15) is 5.69 Å². The Morgan fingerprint density at radius 2 is 1.87 bits per heavy atom. The third kappa shape index (κ3) is 3.66. The Balaban J connectivity index is 2.28. The van der Waals surface area contributed by atoms with Crippen LogP contribution in [0.15, 0.2) is 35.4 Å². The molecule has 0 aliphatic rings. The molecule has 1 heterocycles. The second-order valence-corrected chi connectivity index (χ2v) is 6.86. The van der Waals surface area contributed by atoms with Crippen molar-refractivity contribution in [2.75, 3.05) is 12.4 Å². The molecule has 0 aliphatic carbocycles. The summed E-state index contributed by atoms with van der Waals surface area (Å²) in [5, 5.41) is 2.60. The Morgan fingerprint density at radius 1 is 1.17 bits per heavy atom. The van der Waals surface area contributed by atoms with Crippen molar-refractivity contribution in [3.63, 3.8) is 0 Å². The van der Waals surface area contributed by atoms with Crippen molar-refractivity contribution in [1.82, 2.24) is 9.71 Å². The molecule has 23 heavy (non-hydrogen) atoms. The number of aromatic nitrogens is 1. The van der Waals surface area contributed by atoms with Crippen molar-refractivity contribution in [1.29, 1.82) is 0 Å². The molecule has 2 rings (SSSR count). The van der Waals surface area contributed by atoms with Crippen LogP contribution >= 0.6 is 0 Å². The SMILES string of the molecule is CNS(=O)(=O)c1cc(NC(=O)c2cc(C(C)=O)c[nH]2)ccc1C. The maximum atomic E-state index is 12.1. The number of aromatic amines is 1. The maximum Gasteiger partial charge on any atom is 0.272 e. The number of carbonyl (C=O) groups is 2. The number of hydrogen-bond acceptors (Lipinski definition) is 4. The van der Waals surface area contributed by atoms with Gasteiger partial charge in [-0.05, 0) is 44.7 Å². The lowest BCUT2D eigenvalue weighted by Gasteiger charge is -2.10. The second kappa shape index (κ2) is 6.35. The number of anilines is 1. The Labute approximate surface area is 134 Å². The number of aryl methyl sites for hydroxylation is 1. The van der Waals surface area contributed by atoms with Crippen LogP contribution in [-0.2, 0) is 10.0 Å². The number of ketones is 1. The molecule has 1 aromatic heterocycles. The Morgan fingerprint density at radius 3 is 2.43 bits per heavy atom. The van der Waals surface area contributed by atoms with E-state index in [0.29, 0.717) is 16.8 Å². The fraction of sp³-hybridized carbons (Fsp3) is 0.200. The van der Waals surface area contributed by atoms with Crippen LogP contribution in [0.25, 0.3) is 0 Å². The number of Topliss-reactive ketones (excluding diaryl/α,β-unsaturated/α-hetero) is 1. The minimum Gasteiger partial charge on any atom is -0.356 e. The summed E-state index contributed by atoms with van der Waals surface area (Å²) in [6, 6.07) is 6.04. The number of H-pyrrole nitrogens is 1. The lowest BCUT2D eigenvalue weighted by molar-refractivity contribution is 0.101. The van der Waals surface area contributed by atoms with Gasteiger partial charge in [0.25, 0.3) is 5.91 Å². The van der Waals surface area contributed by atoms with Gasteiger partial charge in [-0.3, -0.25) is 9.59 Å². The predicted molar refractivity (Wildman–Crippen MR) is 86.2 cm³/mol. The molecule has 8 heteroatoms. The van der Waals surface area contributed by atoms with E-state index in [4.69, 9.17) is 0 Å². The van der Waals surface area contributed by atoms with Crippen molar-refractivity contribution in [2.45, 2.75) is 18.7 Å². The van der Waals surface area contributed by atoms with E-state index in [9.17, 15) is 18.0 Å². The number of nitrogens with one attached hydrogen (secondary N) is 3. The normalized spacial score (nSPS) is 11.3. The summed E-state index contributed by atoms with van der Waals surface area (Å²) in [4.78, 5) is 26.2. The largest absolute Gasteiger partial charge is 0.356 e. The van der Waals surface area contributed by atoms with E-state index in [2.05, 4.69) is 15.0 Å². The van der Waals surface area contributed by atoms with Gasteiger partial charge in [0.15, 0.2) is 5.78 Å². The molecule has 0 unspecified atom stereocenters. The highest BCUT2D eigenvalue weighted by Gasteiger charge is 2.17. The van der Waals surface area contributed by atoms with Crippen LogP contribution in [0.3, 0.4) is 0 Å². The minimum absolute atomic E-state index is 0.0914. The molecule has 0 atom stereocenters. The molecule has 122 valence electrons. The maximum absolute atomic E-state index is 12.1. The summed E-state index contributed by atoms with van der Waals surface area (Å²) in [6.07, 6.45) is 1.45. The highest BCUT2D eigenvalue weighted by atomic mass is 32.2. The average Bonchev–Trinajstić information content (AvgIpc) is 2.99. The van der Waals surface area contributed by atoms with Crippen molar-refractivity contribution in [3.8, 4) is 0 Å². The molecule has 3 N–H and O–H groups in total. The van der Waals surface area contributed by atoms with Gasteiger partial charge in [0.05, 0.1) is 4.90 Å². The molecule has 1 aromatic carbocycles. The first-order valence-corrected chi connectivity index (χ1v) is 8.28. The molecule has 7 nitrogen and oxygen atoms in total. The lowest BCUT2D eigenvalue weighted by atomic mass is 10.2. The molecule has 1 amide bonds. The highest BCUT2D eigenvalue weighted by Crippen LogP contribution is 2.20. The second-order valence-electron chi connectivity index (χ2n) is 5.00. The molecule has 2 aromatic rings. The van der Waals surface area contributed by atoms with Crippen molar-refractivity contribution in [2.24, 2.45) is 0 Å². The van der Waals surface area contributed by atoms with E-state index in [1.807, 2.05) is 0 Å². The predicted octanol–water partition coefficient (Wildman–Crippen LogP) is 1.69. The number of amides is 1. The van der Waals surface area contributed by atoms with Gasteiger partial charge in [-0.25, -0.2) is 13.1 Å². The summed E-state index contributed by atoms with van der Waals surface area (Å²) in [5.41, 5.74) is 1.52. The van der Waals surface area contributed by atoms with Gasteiger partial charge in [-0.1, -0.05) is 6.07 Å². The zero-order chi connectivity index (χ0) is 17.2. The van der Waals surface area contributed by atoms with Crippen LogP contribution in [0.1, 0.15) is 33.3 Å². The van der Waals surface area contributed by atoms with Gasteiger partial charge in [-0.15, -0.1) is 0 Å². The first-order valence-electron chi connectivity index (χ1n) is 6.79. The monoisotopic (exact) mass is 335 g/mol. The summed E-state index contributed by atoms with van der Waals surface area (Å²) in [5.74, 6) is -0.618. The topological polar surface area (TPSA) is 108 Å². The van der Waals surface area contributed by atoms with E-state index in [-0.39, 0.29) is 16.4 Å². The fourth-order valence-electron chi connectivity index (χ4n) is 2.00. The fourth-order valence-corrected chi connectivity index (χ4v) is 3.00. The first kappa shape index (κ1) is 16.9. The summed E-state index contributed by atoms with van der Waals surface area (Å²) >= 11 is 0. The molecular formula is C15H17N3O4S. The molecule has 0 radical (unpaired) electrons. The van der Waals surface area contributed by atoms with Crippen LogP contribution in [0.4, 0.5) is 5.69 Å². The van der Waals surface area contributed by atoms with Gasteiger partial charge in [0, 0.05) is 17.4 Å². The van der Waals surface area contributed by atoms with Gasteiger partial charge in [-0.2, -0.15) is 0 Å². The number of benzene rings is 1. The van der Waals surface area contributed by atoms with Crippen LogP contribution in [0, 0.1) is 6.92 Å². The number of rotatable bonds is 5. The number of hydrogen-bond donors (Lipinski definition) is 3. The van der Waals surface area contributed by atoms with Crippen molar-refractivity contribution < 1.29 is 18.0 Å². The number of sulfonamides is 1. The molecule has 0 spiro atoms. The summed E-state index contributed by atoms with van der Waals surface area (Å²) in [7, 11) is -2.29. The van der Waals surface area contributed by atoms with Crippen molar-refractivity contribution >= 4 is 27.4 Å².